The molecule has 1 aliphatic heterocycles. The molecule has 8 nitrogen and oxygen atoms in total. The molecule has 210 valence electrons. The number of nitrogens with one attached hydrogen (secondary N) is 1. The predicted octanol–water partition coefficient (Wildman–Crippen LogP) is 6.54. The van der Waals surface area contributed by atoms with Gasteiger partial charge in [0, 0.05) is 52.9 Å². The van der Waals surface area contributed by atoms with Crippen molar-refractivity contribution in [3.63, 3.8) is 0 Å². The molecule has 0 saturated heterocycles. The number of para-hydroxylation sites is 1. The Balaban J connectivity index is 1.79. The van der Waals surface area contributed by atoms with E-state index in [-0.39, 0.29) is 16.9 Å². The quantitative estimate of drug-likeness (QED) is 0.190. The second-order valence-electron chi connectivity index (χ2n) is 9.64. The molecule has 0 radical (unpaired) electrons. The van der Waals surface area contributed by atoms with Gasteiger partial charge in [0.2, 0.25) is 0 Å². The highest BCUT2D eigenvalue weighted by Crippen LogP contribution is 2.53. The van der Waals surface area contributed by atoms with Crippen molar-refractivity contribution in [2.75, 3.05) is 29.9 Å². The van der Waals surface area contributed by atoms with Gasteiger partial charge in [-0.15, -0.1) is 0 Å². The number of rotatable bonds is 10. The average Bonchev–Trinajstić information content (AvgIpc) is 3.27. The summed E-state index contributed by atoms with van der Waals surface area (Å²) in [6.07, 6.45) is 0. The van der Waals surface area contributed by atoms with E-state index in [0.717, 1.165) is 24.5 Å². The first-order valence-corrected chi connectivity index (χ1v) is 13.6. The second kappa shape index (κ2) is 11.3. The van der Waals surface area contributed by atoms with Crippen LogP contribution in [0.5, 0.6) is 11.5 Å². The highest BCUT2D eigenvalue weighted by molar-refractivity contribution is 6.00. The van der Waals surface area contributed by atoms with Crippen LogP contribution in [0.1, 0.15) is 58.2 Å². The smallest absolute Gasteiger partial charge is 0.340 e. The number of carbonyl (C=O) groups is 2. The van der Waals surface area contributed by atoms with Crippen LogP contribution in [0, 0.1) is 0 Å². The van der Waals surface area contributed by atoms with E-state index in [1.54, 1.807) is 24.3 Å². The van der Waals surface area contributed by atoms with Crippen LogP contribution in [0.3, 0.4) is 0 Å². The van der Waals surface area contributed by atoms with E-state index in [1.807, 2.05) is 69.3 Å². The summed E-state index contributed by atoms with van der Waals surface area (Å²) in [5, 5.41) is 24.5. The third kappa shape index (κ3) is 4.93. The maximum absolute atomic E-state index is 13.5. The minimum absolute atomic E-state index is 0.0397. The molecule has 0 spiro atoms. The van der Waals surface area contributed by atoms with Crippen molar-refractivity contribution >= 4 is 29.0 Å². The summed E-state index contributed by atoms with van der Waals surface area (Å²) in [6.45, 7) is 7.77. The number of carbonyl (C=O) groups excluding carboxylic acids is 1. The Labute approximate surface area is 238 Å². The lowest BCUT2D eigenvalue weighted by Gasteiger charge is -2.33. The fourth-order valence-corrected chi connectivity index (χ4v) is 5.40. The van der Waals surface area contributed by atoms with Gasteiger partial charge >= 0.3 is 11.9 Å². The zero-order chi connectivity index (χ0) is 29.1. The maximum Gasteiger partial charge on any atom is 0.340 e. The molecular weight excluding hydrogens is 520 g/mol. The largest absolute Gasteiger partial charge is 0.507 e. The van der Waals surface area contributed by atoms with Crippen molar-refractivity contribution in [2.24, 2.45) is 0 Å². The molecule has 8 heteroatoms. The molecule has 1 heterocycles. The van der Waals surface area contributed by atoms with Gasteiger partial charge in [-0.1, -0.05) is 24.3 Å². The summed E-state index contributed by atoms with van der Waals surface area (Å²) >= 11 is 0. The number of carboxylic acids is 1. The van der Waals surface area contributed by atoms with Crippen LogP contribution in [-0.2, 0) is 10.3 Å². The van der Waals surface area contributed by atoms with Crippen molar-refractivity contribution in [2.45, 2.75) is 26.4 Å². The molecule has 1 aliphatic rings. The normalized spacial score (nSPS) is 15.6. The van der Waals surface area contributed by atoms with Crippen LogP contribution in [-0.4, -0.2) is 41.8 Å². The van der Waals surface area contributed by atoms with Gasteiger partial charge < -0.3 is 29.9 Å². The summed E-state index contributed by atoms with van der Waals surface area (Å²) < 4.78 is 12.3. The molecule has 1 atom stereocenters. The molecule has 0 bridgehead atoms. The predicted molar refractivity (Wildman–Crippen MR) is 158 cm³/mol. The SMILES string of the molecule is CCOc1ccc(Nc2ccccc2)cc1C1(c2ccc(N(CC)CC)cc2O)OC(=O)c2cc(C(=O)O)ccc21. The van der Waals surface area contributed by atoms with Crippen LogP contribution < -0.4 is 15.0 Å². The van der Waals surface area contributed by atoms with Crippen LogP contribution in [0.15, 0.2) is 84.9 Å². The van der Waals surface area contributed by atoms with Crippen LogP contribution in [0.2, 0.25) is 0 Å². The van der Waals surface area contributed by atoms with Gasteiger partial charge in [-0.25, -0.2) is 9.59 Å². The van der Waals surface area contributed by atoms with Crippen molar-refractivity contribution in [1.82, 2.24) is 0 Å². The Hall–Kier alpha value is -4.98. The number of phenolic OH excluding ortho intramolecular Hbond substituents is 1. The third-order valence-corrected chi connectivity index (χ3v) is 7.32. The highest BCUT2D eigenvalue weighted by Gasteiger charge is 2.52. The molecule has 0 fully saturated rings. The van der Waals surface area contributed by atoms with E-state index in [9.17, 15) is 19.8 Å². The number of anilines is 3. The van der Waals surface area contributed by atoms with Crippen LogP contribution in [0.4, 0.5) is 17.1 Å². The Morgan fingerprint density at radius 1 is 0.878 bits per heavy atom. The molecule has 5 rings (SSSR count). The fourth-order valence-electron chi connectivity index (χ4n) is 5.40. The topological polar surface area (TPSA) is 108 Å². The van der Waals surface area contributed by atoms with Crippen molar-refractivity contribution in [3.05, 3.63) is 113 Å². The maximum atomic E-state index is 13.5. The number of nitrogens with zero attached hydrogens (tertiary/aromatic N) is 1. The molecule has 3 N–H and O–H groups in total. The first kappa shape index (κ1) is 27.6. The second-order valence-corrected chi connectivity index (χ2v) is 9.64. The fraction of sp³-hybridized carbons (Fsp3) is 0.212. The summed E-state index contributed by atoms with van der Waals surface area (Å²) in [5.41, 5.74) is 2.08. The molecule has 0 aromatic heterocycles. The summed E-state index contributed by atoms with van der Waals surface area (Å²) in [6, 6.07) is 24.8. The van der Waals surface area contributed by atoms with Gasteiger partial charge in [0.05, 0.1) is 17.7 Å². The van der Waals surface area contributed by atoms with Crippen molar-refractivity contribution < 1.29 is 29.3 Å². The summed E-state index contributed by atoms with van der Waals surface area (Å²) in [4.78, 5) is 27.3. The third-order valence-electron chi connectivity index (χ3n) is 7.32. The molecule has 0 saturated carbocycles. The first-order chi connectivity index (χ1) is 19.8. The number of carboxylic acid groups (broad SMARTS) is 1. The van der Waals surface area contributed by atoms with E-state index in [1.165, 1.54) is 12.1 Å². The van der Waals surface area contributed by atoms with Gasteiger partial charge in [0.15, 0.2) is 5.60 Å². The standard InChI is InChI=1S/C33H32N2O6/c1-4-35(5-2)24-14-16-27(29(36)20-24)33(26-15-12-21(31(37)38)18-25(26)32(39)41-33)28-19-23(13-17-30(28)40-6-3)34-22-10-8-7-9-11-22/h7-20,34,36H,4-6H2,1-3H3,(H,37,38). The molecule has 1 unspecified atom stereocenters. The number of hydrogen-bond donors (Lipinski definition) is 3. The van der Waals surface area contributed by atoms with Gasteiger partial charge in [0.1, 0.15) is 11.5 Å². The van der Waals surface area contributed by atoms with Gasteiger partial charge in [-0.3, -0.25) is 0 Å². The number of ether oxygens (including phenoxy) is 2. The molecular formula is C33H32N2O6. The number of phenols is 1. The Bertz CT molecular complexity index is 1600. The Morgan fingerprint density at radius 2 is 1.61 bits per heavy atom. The van der Waals surface area contributed by atoms with Crippen LogP contribution >= 0.6 is 0 Å². The average molecular weight is 553 g/mol. The number of hydrogen-bond acceptors (Lipinski definition) is 7. The van der Waals surface area contributed by atoms with Crippen LogP contribution in [0.25, 0.3) is 0 Å². The van der Waals surface area contributed by atoms with E-state index in [4.69, 9.17) is 9.47 Å². The Kier molecular flexibility index (Phi) is 7.57. The van der Waals surface area contributed by atoms with E-state index in [0.29, 0.717) is 34.7 Å². The van der Waals surface area contributed by atoms with E-state index < -0.39 is 17.5 Å². The van der Waals surface area contributed by atoms with E-state index in [2.05, 4.69) is 10.2 Å². The summed E-state index contributed by atoms with van der Waals surface area (Å²) in [7, 11) is 0. The minimum atomic E-state index is -1.62. The molecule has 0 amide bonds. The zero-order valence-corrected chi connectivity index (χ0v) is 23.2. The number of aromatic hydroxyl groups is 1. The first-order valence-electron chi connectivity index (χ1n) is 13.6. The number of benzene rings is 4. The minimum Gasteiger partial charge on any atom is -0.507 e. The number of fused-ring (bicyclic) bond motifs is 1. The number of esters is 1. The highest BCUT2D eigenvalue weighted by atomic mass is 16.6. The lowest BCUT2D eigenvalue weighted by molar-refractivity contribution is 0.0238. The monoisotopic (exact) mass is 552 g/mol. The van der Waals surface area contributed by atoms with Crippen molar-refractivity contribution in [1.29, 1.82) is 0 Å². The zero-order valence-electron chi connectivity index (χ0n) is 23.2. The van der Waals surface area contributed by atoms with Gasteiger partial charge in [-0.05, 0) is 75.4 Å². The lowest BCUT2D eigenvalue weighted by atomic mass is 9.78. The van der Waals surface area contributed by atoms with Crippen molar-refractivity contribution in [3.8, 4) is 11.5 Å². The lowest BCUT2D eigenvalue weighted by Crippen LogP contribution is -2.31. The molecule has 0 aliphatic carbocycles. The van der Waals surface area contributed by atoms with Gasteiger partial charge in [0.25, 0.3) is 0 Å². The summed E-state index contributed by atoms with van der Waals surface area (Å²) in [5.74, 6) is -1.46. The van der Waals surface area contributed by atoms with Gasteiger partial charge in [-0.2, -0.15) is 0 Å². The molecule has 41 heavy (non-hydrogen) atoms. The molecule has 4 aromatic carbocycles. The Morgan fingerprint density at radius 3 is 2.27 bits per heavy atom. The number of cyclic esters (lactones) is 1. The molecule has 4 aromatic rings. The number of aromatic carboxylic acids is 1. The van der Waals surface area contributed by atoms with E-state index >= 15 is 0 Å².